The highest BCUT2D eigenvalue weighted by molar-refractivity contribution is 4.88. The van der Waals surface area contributed by atoms with Crippen LogP contribution in [-0.4, -0.2) is 29.8 Å². The van der Waals surface area contributed by atoms with E-state index >= 15 is 0 Å². The second-order valence-corrected chi connectivity index (χ2v) is 2.69. The molecule has 1 N–H and O–H groups in total. The van der Waals surface area contributed by atoms with E-state index < -0.39 is 0 Å². The molecule has 0 bridgehead atoms. The molecule has 0 saturated carbocycles. The maximum absolute atomic E-state index is 7.36. The van der Waals surface area contributed by atoms with Crippen LogP contribution in [0.3, 0.4) is 0 Å². The summed E-state index contributed by atoms with van der Waals surface area (Å²) in [5, 5.41) is 3.28. The van der Waals surface area contributed by atoms with Crippen LogP contribution in [0, 0.1) is 0 Å². The van der Waals surface area contributed by atoms with Crippen molar-refractivity contribution < 1.29 is 0 Å². The van der Waals surface area contributed by atoms with Crippen LogP contribution in [0.15, 0.2) is 12.3 Å². The molecule has 0 atom stereocenters. The molecule has 0 aliphatic carbocycles. The molecule has 0 rings (SSSR count). The Kier molecular flexibility index (Phi) is 7.68. The first-order valence-corrected chi connectivity index (χ1v) is 4.81. The minimum absolute atomic E-state index is 0.443. The van der Waals surface area contributed by atoms with Crippen molar-refractivity contribution in [2.75, 3.05) is 19.8 Å². The average Bonchev–Trinajstić information content (AvgIpc) is 2.17. The fourth-order valence-electron chi connectivity index (χ4n) is 0.737. The maximum Gasteiger partial charge on any atom is -0.00355 e. The zero-order chi connectivity index (χ0) is 10.1. The van der Waals surface area contributed by atoms with Gasteiger partial charge in [-0.3, -0.25) is 0 Å². The van der Waals surface area contributed by atoms with Gasteiger partial charge in [-0.2, -0.15) is 0 Å². The van der Waals surface area contributed by atoms with E-state index in [1.165, 1.54) is 5.01 Å². The third kappa shape index (κ3) is 6.57. The molecule has 0 fully saturated rings. The summed E-state index contributed by atoms with van der Waals surface area (Å²) in [6, 6.07) is 0. The van der Waals surface area contributed by atoms with Gasteiger partial charge in [0.05, 0.1) is 0 Å². The summed E-state index contributed by atoms with van der Waals surface area (Å²) < 4.78 is 0. The number of allylic oxidation sites excluding steroid dienone is 1. The predicted octanol–water partition coefficient (Wildman–Crippen LogP) is 2.77. The molecule has 0 spiro atoms. The lowest BCUT2D eigenvalue weighted by Gasteiger charge is -2.41. The molecule has 0 saturated heterocycles. The summed E-state index contributed by atoms with van der Waals surface area (Å²) >= 11 is 0. The zero-order valence-electron chi connectivity index (χ0n) is 8.82. The number of rotatable bonds is 7. The Balaban J connectivity index is 3.65. The van der Waals surface area contributed by atoms with Crippen molar-refractivity contribution >= 4 is 0 Å². The maximum atomic E-state index is 7.36. The Bertz CT molecular complexity index is 136. The highest BCUT2D eigenvalue weighted by atomic mass is 15.6. The van der Waals surface area contributed by atoms with Gasteiger partial charge in [-0.1, -0.05) is 19.9 Å². The van der Waals surface area contributed by atoms with E-state index in [9.17, 15) is 0 Å². The van der Waals surface area contributed by atoms with Gasteiger partial charge in [-0.05, 0) is 32.6 Å². The average molecular weight is 184 g/mol. The Morgan fingerprint density at radius 2 is 1.92 bits per heavy atom. The molecule has 0 radical (unpaired) electrons. The minimum atomic E-state index is 0.443. The summed E-state index contributed by atoms with van der Waals surface area (Å²) in [5.41, 5.74) is 4.24. The lowest BCUT2D eigenvalue weighted by Crippen LogP contribution is -2.21. The number of hydrogen-bond donors (Lipinski definition) is 0. The molecule has 0 aromatic rings. The molecule has 0 heterocycles. The van der Waals surface area contributed by atoms with E-state index in [-0.39, 0.29) is 0 Å². The van der Waals surface area contributed by atoms with E-state index in [0.717, 1.165) is 13.0 Å². The van der Waals surface area contributed by atoms with Gasteiger partial charge in [-0.25, -0.2) is 0 Å². The highest BCUT2D eigenvalue weighted by Crippen LogP contribution is 2.02. The Morgan fingerprint density at radius 3 is 2.38 bits per heavy atom. The summed E-state index contributed by atoms with van der Waals surface area (Å²) in [6.45, 7) is 8.09. The monoisotopic (exact) mass is 184 g/mol. The third-order valence-corrected chi connectivity index (χ3v) is 1.63. The molecule has 0 aliphatic heterocycles. The van der Waals surface area contributed by atoms with Crippen LogP contribution in [0.4, 0.5) is 0 Å². The molecular weight excluding hydrogens is 164 g/mol. The number of nitrogens with one attached hydrogen (secondary N) is 1. The molecule has 13 heavy (non-hydrogen) atoms. The van der Waals surface area contributed by atoms with E-state index in [4.69, 9.17) is 5.84 Å². The lowest BCUT2D eigenvalue weighted by atomic mass is 10.5. The summed E-state index contributed by atoms with van der Waals surface area (Å²) in [6.07, 6.45) is 5.04. The Morgan fingerprint density at radius 1 is 1.23 bits per heavy atom. The van der Waals surface area contributed by atoms with Crippen LogP contribution in [0.1, 0.15) is 27.2 Å². The SMILES string of the molecule is CC/C=C\N(CC)[N-]CN([NH-])CC. The van der Waals surface area contributed by atoms with Crippen LogP contribution in [-0.2, 0) is 0 Å². The first-order valence-electron chi connectivity index (χ1n) is 4.81. The van der Waals surface area contributed by atoms with Gasteiger partial charge in [0.1, 0.15) is 0 Å². The van der Waals surface area contributed by atoms with Gasteiger partial charge in [-0.15, -0.1) is 6.67 Å². The van der Waals surface area contributed by atoms with Gasteiger partial charge in [0, 0.05) is 0 Å². The Labute approximate surface area is 81.3 Å². The molecule has 4 heteroatoms. The number of hydrogen-bond acceptors (Lipinski definition) is 2. The molecule has 0 amide bonds. The van der Waals surface area contributed by atoms with Crippen molar-refractivity contribution in [2.24, 2.45) is 0 Å². The lowest BCUT2D eigenvalue weighted by molar-refractivity contribution is 0.371. The Hall–Kier alpha value is -0.580. The summed E-state index contributed by atoms with van der Waals surface area (Å²) in [7, 11) is 0. The van der Waals surface area contributed by atoms with Crippen molar-refractivity contribution in [3.05, 3.63) is 23.5 Å². The van der Waals surface area contributed by atoms with Gasteiger partial charge in [0.25, 0.3) is 0 Å². The van der Waals surface area contributed by atoms with Crippen molar-refractivity contribution in [1.29, 1.82) is 0 Å². The minimum Gasteiger partial charge on any atom is -0.611 e. The van der Waals surface area contributed by atoms with Gasteiger partial charge < -0.3 is 21.3 Å². The smallest absolute Gasteiger partial charge is 0.00355 e. The second-order valence-electron chi connectivity index (χ2n) is 2.69. The van der Waals surface area contributed by atoms with Crippen molar-refractivity contribution in [3.8, 4) is 0 Å². The molecule has 0 aliphatic rings. The largest absolute Gasteiger partial charge is 0.611 e. The van der Waals surface area contributed by atoms with E-state index in [0.29, 0.717) is 13.2 Å². The second kappa shape index (κ2) is 8.04. The quantitative estimate of drug-likeness (QED) is 0.571. The first-order chi connectivity index (χ1) is 6.24. The highest BCUT2D eigenvalue weighted by Gasteiger charge is 1.81. The van der Waals surface area contributed by atoms with Crippen LogP contribution in [0.5, 0.6) is 0 Å². The first kappa shape index (κ1) is 12.4. The topological polar surface area (TPSA) is 44.4 Å². The fourth-order valence-corrected chi connectivity index (χ4v) is 0.737. The molecule has 0 unspecified atom stereocenters. The van der Waals surface area contributed by atoms with Crippen LogP contribution in [0.2, 0.25) is 0 Å². The van der Waals surface area contributed by atoms with Crippen LogP contribution >= 0.6 is 0 Å². The standard InChI is InChI=1S/C9H20N4/c1-4-7-8-13(6-3)11-9-12(10)5-2/h7-8,10H,4-6,9H2,1-3H3/q-2/b8-7-. The summed E-state index contributed by atoms with van der Waals surface area (Å²) in [4.78, 5) is 0. The van der Waals surface area contributed by atoms with Crippen molar-refractivity contribution in [1.82, 2.24) is 10.0 Å². The third-order valence-electron chi connectivity index (χ3n) is 1.63. The van der Waals surface area contributed by atoms with Gasteiger partial charge in [0.15, 0.2) is 0 Å². The summed E-state index contributed by atoms with van der Waals surface area (Å²) in [5.74, 6) is 7.36. The zero-order valence-corrected chi connectivity index (χ0v) is 8.82. The predicted molar refractivity (Wildman–Crippen MR) is 56.7 cm³/mol. The van der Waals surface area contributed by atoms with Crippen molar-refractivity contribution in [2.45, 2.75) is 27.2 Å². The van der Waals surface area contributed by atoms with E-state index in [1.54, 1.807) is 0 Å². The molecule has 0 aromatic heterocycles. The van der Waals surface area contributed by atoms with Gasteiger partial charge >= 0.3 is 0 Å². The van der Waals surface area contributed by atoms with Crippen molar-refractivity contribution in [3.63, 3.8) is 0 Å². The molecular formula is C9H20N4-2. The van der Waals surface area contributed by atoms with Crippen LogP contribution < -0.4 is 0 Å². The fraction of sp³-hybridized carbons (Fsp3) is 0.778. The molecule has 4 nitrogen and oxygen atoms in total. The number of nitrogens with zero attached hydrogens (tertiary/aromatic N) is 3. The molecule has 78 valence electrons. The van der Waals surface area contributed by atoms with Crippen LogP contribution in [0.25, 0.3) is 11.3 Å². The van der Waals surface area contributed by atoms with E-state index in [2.05, 4.69) is 18.4 Å². The molecule has 0 aromatic carbocycles. The van der Waals surface area contributed by atoms with Gasteiger partial charge in [0.2, 0.25) is 0 Å². The normalized spacial score (nSPS) is 11.5. The van der Waals surface area contributed by atoms with E-state index in [1.807, 2.05) is 25.1 Å².